The van der Waals surface area contributed by atoms with Gasteiger partial charge in [-0.05, 0) is 85.0 Å². The summed E-state index contributed by atoms with van der Waals surface area (Å²) in [5.41, 5.74) is 2.15. The zero-order valence-corrected chi connectivity index (χ0v) is 19.9. The fourth-order valence-electron chi connectivity index (χ4n) is 5.30. The van der Waals surface area contributed by atoms with Crippen LogP contribution in [-0.2, 0) is 5.41 Å². The van der Waals surface area contributed by atoms with E-state index in [1.807, 2.05) is 30.3 Å². The van der Waals surface area contributed by atoms with E-state index in [2.05, 4.69) is 50.6 Å². The molecule has 31 heavy (non-hydrogen) atoms. The lowest BCUT2D eigenvalue weighted by Gasteiger charge is -2.45. The van der Waals surface area contributed by atoms with Gasteiger partial charge in [0.1, 0.15) is 0 Å². The molecule has 7 heteroatoms. The minimum absolute atomic E-state index is 0.0748. The van der Waals surface area contributed by atoms with Gasteiger partial charge < -0.3 is 25.0 Å². The van der Waals surface area contributed by atoms with E-state index in [4.69, 9.17) is 9.47 Å². The van der Waals surface area contributed by atoms with E-state index in [1.54, 1.807) is 14.2 Å². The van der Waals surface area contributed by atoms with E-state index in [-0.39, 0.29) is 17.5 Å². The summed E-state index contributed by atoms with van der Waals surface area (Å²) in [6.45, 7) is 1.05. The van der Waals surface area contributed by atoms with Crippen LogP contribution in [0.5, 0.6) is 11.5 Å². The van der Waals surface area contributed by atoms with Crippen molar-refractivity contribution in [3.8, 4) is 11.5 Å². The first kappa shape index (κ1) is 22.0. The van der Waals surface area contributed by atoms with Crippen molar-refractivity contribution in [1.82, 2.24) is 10.2 Å². The summed E-state index contributed by atoms with van der Waals surface area (Å²) in [7, 11) is 5.54. The lowest BCUT2D eigenvalue weighted by molar-refractivity contribution is 0.156. The maximum atomic E-state index is 12.6. The summed E-state index contributed by atoms with van der Waals surface area (Å²) in [6, 6.07) is 14.3. The van der Waals surface area contributed by atoms with Gasteiger partial charge in [-0.15, -0.1) is 0 Å². The molecular weight excluding hydrogens is 458 g/mol. The molecule has 0 spiro atoms. The number of amides is 2. The molecule has 1 aliphatic heterocycles. The third-order valence-electron chi connectivity index (χ3n) is 6.94. The first-order valence-electron chi connectivity index (χ1n) is 10.7. The van der Waals surface area contributed by atoms with Crippen LogP contribution in [0.4, 0.5) is 10.5 Å². The maximum absolute atomic E-state index is 12.6. The Labute approximate surface area is 192 Å². The van der Waals surface area contributed by atoms with Crippen molar-refractivity contribution >= 4 is 27.6 Å². The number of benzene rings is 2. The number of ether oxygens (including phenoxy) is 2. The molecule has 2 aromatic carbocycles. The van der Waals surface area contributed by atoms with Crippen molar-refractivity contribution in [2.75, 3.05) is 33.1 Å². The number of methoxy groups -OCH3 is 2. The number of rotatable bonds is 5. The lowest BCUT2D eigenvalue weighted by Crippen LogP contribution is -2.52. The van der Waals surface area contributed by atoms with Gasteiger partial charge in [-0.25, -0.2) is 4.79 Å². The summed E-state index contributed by atoms with van der Waals surface area (Å²) in [5.74, 6) is 1.53. The molecule has 2 N–H and O–H groups in total. The van der Waals surface area contributed by atoms with Crippen LogP contribution in [0.1, 0.15) is 31.2 Å². The summed E-state index contributed by atoms with van der Waals surface area (Å²) in [6.07, 6.45) is 4.01. The first-order valence-corrected chi connectivity index (χ1v) is 11.5. The minimum atomic E-state index is -0.156. The molecule has 2 aromatic rings. The lowest BCUT2D eigenvalue weighted by atomic mass is 9.65. The van der Waals surface area contributed by atoms with Gasteiger partial charge in [0.2, 0.25) is 0 Å². The number of anilines is 1. The summed E-state index contributed by atoms with van der Waals surface area (Å²) >= 11 is 3.48. The Hall–Kier alpha value is -2.25. The van der Waals surface area contributed by atoms with Gasteiger partial charge in [-0.3, -0.25) is 0 Å². The predicted molar refractivity (Wildman–Crippen MR) is 126 cm³/mol. The fourth-order valence-corrected chi connectivity index (χ4v) is 5.68. The minimum Gasteiger partial charge on any atom is -0.493 e. The molecule has 2 amide bonds. The Kier molecular flexibility index (Phi) is 6.44. The Morgan fingerprint density at radius 2 is 1.90 bits per heavy atom. The second kappa shape index (κ2) is 9.09. The fraction of sp³-hybridized carbons (Fsp3) is 0.458. The quantitative estimate of drug-likeness (QED) is 0.636. The van der Waals surface area contributed by atoms with Crippen molar-refractivity contribution in [2.24, 2.45) is 0 Å². The zero-order valence-electron chi connectivity index (χ0n) is 18.3. The average molecular weight is 488 g/mol. The first-order chi connectivity index (χ1) is 15.0. The number of urea groups is 1. The molecule has 2 aliphatic rings. The highest BCUT2D eigenvalue weighted by atomic mass is 79.9. The molecule has 1 saturated carbocycles. The molecule has 1 heterocycles. The molecule has 166 valence electrons. The van der Waals surface area contributed by atoms with Crippen LogP contribution in [0.25, 0.3) is 0 Å². The predicted octanol–water partition coefficient (Wildman–Crippen LogP) is 4.78. The van der Waals surface area contributed by atoms with Crippen LogP contribution in [-0.4, -0.2) is 50.8 Å². The third-order valence-corrected chi connectivity index (χ3v) is 7.63. The number of fused-ring (bicyclic) bond motifs is 1. The number of nitrogens with one attached hydrogen (secondary N) is 2. The van der Waals surface area contributed by atoms with E-state index < -0.39 is 0 Å². The van der Waals surface area contributed by atoms with Crippen molar-refractivity contribution < 1.29 is 14.3 Å². The number of hydrogen-bond acceptors (Lipinski definition) is 4. The standard InChI is InChI=1S/C24H30BrN3O3/c1-28-13-12-24(16-8-9-20(30-2)21(14-16)31-3)11-10-17(15-22(24)28)26-23(29)27-19-7-5-4-6-18(19)25/h4-9,14,17,22H,10-13,15H2,1-3H3,(H2,26,27,29)/t17-,22+,24-/m0/s1. The Morgan fingerprint density at radius 3 is 2.65 bits per heavy atom. The van der Waals surface area contributed by atoms with Gasteiger partial charge in [0, 0.05) is 22.0 Å². The molecule has 1 saturated heterocycles. The Balaban J connectivity index is 1.49. The molecular formula is C24H30BrN3O3. The number of carbonyl (C=O) groups is 1. The van der Waals surface area contributed by atoms with Crippen molar-refractivity contribution in [2.45, 2.75) is 43.2 Å². The zero-order chi connectivity index (χ0) is 22.0. The van der Waals surface area contributed by atoms with Crippen LogP contribution in [0.15, 0.2) is 46.9 Å². The Bertz CT molecular complexity index is 953. The molecule has 0 radical (unpaired) electrons. The van der Waals surface area contributed by atoms with Crippen molar-refractivity contribution in [3.05, 3.63) is 52.5 Å². The molecule has 2 fully saturated rings. The molecule has 4 rings (SSSR count). The second-order valence-electron chi connectivity index (χ2n) is 8.52. The van der Waals surface area contributed by atoms with Gasteiger partial charge in [0.15, 0.2) is 11.5 Å². The SMILES string of the molecule is COc1ccc([C@@]23CC[C@H](NC(=O)Nc4ccccc4Br)C[C@H]2N(C)CC3)cc1OC. The summed E-state index contributed by atoms with van der Waals surface area (Å²) < 4.78 is 11.9. The highest BCUT2D eigenvalue weighted by molar-refractivity contribution is 9.10. The third kappa shape index (κ3) is 4.26. The van der Waals surface area contributed by atoms with E-state index in [0.717, 1.165) is 53.9 Å². The molecule has 3 atom stereocenters. The maximum Gasteiger partial charge on any atom is 0.319 e. The van der Waals surface area contributed by atoms with Gasteiger partial charge in [-0.2, -0.15) is 0 Å². The molecule has 1 aliphatic carbocycles. The number of carbonyl (C=O) groups excluding carboxylic acids is 1. The van der Waals surface area contributed by atoms with E-state index in [9.17, 15) is 4.79 Å². The van der Waals surface area contributed by atoms with Crippen LogP contribution in [0.3, 0.4) is 0 Å². The number of halogens is 1. The van der Waals surface area contributed by atoms with E-state index >= 15 is 0 Å². The van der Waals surface area contributed by atoms with Crippen LogP contribution < -0.4 is 20.1 Å². The largest absolute Gasteiger partial charge is 0.493 e. The number of para-hydroxylation sites is 1. The smallest absolute Gasteiger partial charge is 0.319 e. The number of likely N-dealkylation sites (N-methyl/N-ethyl adjacent to an activating group) is 1. The summed E-state index contributed by atoms with van der Waals surface area (Å²) in [4.78, 5) is 15.1. The second-order valence-corrected chi connectivity index (χ2v) is 9.38. The van der Waals surface area contributed by atoms with Gasteiger partial charge in [0.05, 0.1) is 19.9 Å². The topological polar surface area (TPSA) is 62.8 Å². The van der Waals surface area contributed by atoms with Crippen LogP contribution in [0, 0.1) is 0 Å². The average Bonchev–Trinajstić information content (AvgIpc) is 3.12. The molecule has 0 unspecified atom stereocenters. The summed E-state index contributed by atoms with van der Waals surface area (Å²) in [5, 5.41) is 6.15. The highest BCUT2D eigenvalue weighted by Gasteiger charge is 2.50. The number of nitrogens with zero attached hydrogens (tertiary/aromatic N) is 1. The monoisotopic (exact) mass is 487 g/mol. The van der Waals surface area contributed by atoms with Crippen LogP contribution in [0.2, 0.25) is 0 Å². The van der Waals surface area contributed by atoms with Crippen LogP contribution >= 0.6 is 15.9 Å². The van der Waals surface area contributed by atoms with Gasteiger partial charge >= 0.3 is 6.03 Å². The van der Waals surface area contributed by atoms with Gasteiger partial charge in [-0.1, -0.05) is 18.2 Å². The molecule has 0 bridgehead atoms. The molecule has 6 nitrogen and oxygen atoms in total. The number of likely N-dealkylation sites (tertiary alicyclic amines) is 1. The highest BCUT2D eigenvalue weighted by Crippen LogP contribution is 2.49. The molecule has 0 aromatic heterocycles. The Morgan fingerprint density at radius 1 is 1.13 bits per heavy atom. The number of hydrogen-bond donors (Lipinski definition) is 2. The normalized spacial score (nSPS) is 25.5. The van der Waals surface area contributed by atoms with Gasteiger partial charge in [0.25, 0.3) is 0 Å². The van der Waals surface area contributed by atoms with Crippen molar-refractivity contribution in [3.63, 3.8) is 0 Å². The van der Waals surface area contributed by atoms with Crippen molar-refractivity contribution in [1.29, 1.82) is 0 Å². The van der Waals surface area contributed by atoms with E-state index in [0.29, 0.717) is 6.04 Å². The van der Waals surface area contributed by atoms with E-state index in [1.165, 1.54) is 5.56 Å².